The van der Waals surface area contributed by atoms with Crippen LogP contribution in [0.4, 0.5) is 0 Å². The van der Waals surface area contributed by atoms with Crippen LogP contribution in [0.15, 0.2) is 24.8 Å². The van der Waals surface area contributed by atoms with Crippen LogP contribution in [-0.4, -0.2) is 25.1 Å². The van der Waals surface area contributed by atoms with Gasteiger partial charge in [-0.1, -0.05) is 0 Å². The van der Waals surface area contributed by atoms with E-state index in [1.807, 2.05) is 10.6 Å². The molecular formula is C10H13N3O. The lowest BCUT2D eigenvalue weighted by Crippen LogP contribution is -2.22. The van der Waals surface area contributed by atoms with Gasteiger partial charge in [0.1, 0.15) is 0 Å². The maximum absolute atomic E-state index is 9.69. The first-order valence-corrected chi connectivity index (χ1v) is 4.55. The van der Waals surface area contributed by atoms with E-state index in [1.165, 1.54) is 0 Å². The number of aliphatic hydroxyl groups is 1. The second-order valence-corrected chi connectivity index (χ2v) is 4.04. The molecule has 0 saturated heterocycles. The molecule has 2 aromatic rings. The number of hydrogen-bond donors (Lipinski definition) is 1. The van der Waals surface area contributed by atoms with Crippen LogP contribution in [0, 0.1) is 0 Å². The Labute approximate surface area is 82.2 Å². The minimum absolute atomic E-state index is 0.582. The van der Waals surface area contributed by atoms with Crippen LogP contribution < -0.4 is 0 Å². The van der Waals surface area contributed by atoms with Gasteiger partial charge in [-0.2, -0.15) is 0 Å². The van der Waals surface area contributed by atoms with Gasteiger partial charge >= 0.3 is 0 Å². The van der Waals surface area contributed by atoms with Crippen molar-refractivity contribution in [2.75, 3.05) is 0 Å². The molecule has 0 aromatic carbocycles. The summed E-state index contributed by atoms with van der Waals surface area (Å²) in [5.41, 5.74) is 1.10. The molecule has 0 radical (unpaired) electrons. The molecule has 14 heavy (non-hydrogen) atoms. The first-order valence-electron chi connectivity index (χ1n) is 4.55. The molecule has 74 valence electrons. The Morgan fingerprint density at radius 1 is 1.43 bits per heavy atom. The highest BCUT2D eigenvalue weighted by molar-refractivity contribution is 5.37. The molecule has 4 heteroatoms. The van der Waals surface area contributed by atoms with E-state index in [9.17, 15) is 5.11 Å². The van der Waals surface area contributed by atoms with Crippen molar-refractivity contribution < 1.29 is 5.11 Å². The summed E-state index contributed by atoms with van der Waals surface area (Å²) in [6.07, 6.45) is 7.62. The minimum atomic E-state index is -0.709. The van der Waals surface area contributed by atoms with E-state index in [1.54, 1.807) is 32.4 Å². The van der Waals surface area contributed by atoms with Crippen LogP contribution in [-0.2, 0) is 6.42 Å². The molecule has 1 N–H and O–H groups in total. The van der Waals surface area contributed by atoms with Gasteiger partial charge in [0.05, 0.1) is 11.8 Å². The van der Waals surface area contributed by atoms with Gasteiger partial charge in [0.15, 0.2) is 5.65 Å². The highest BCUT2D eigenvalue weighted by atomic mass is 16.3. The Kier molecular flexibility index (Phi) is 2.00. The highest BCUT2D eigenvalue weighted by Gasteiger charge is 2.16. The van der Waals surface area contributed by atoms with E-state index in [-0.39, 0.29) is 0 Å². The number of aromatic nitrogens is 3. The Morgan fingerprint density at radius 3 is 2.93 bits per heavy atom. The molecule has 0 spiro atoms. The fraction of sp³-hybridized carbons (Fsp3) is 0.400. The number of hydrogen-bond acceptors (Lipinski definition) is 3. The summed E-state index contributed by atoms with van der Waals surface area (Å²) < 4.78 is 1.94. The molecule has 0 bridgehead atoms. The van der Waals surface area contributed by atoms with Crippen molar-refractivity contribution in [2.24, 2.45) is 0 Å². The van der Waals surface area contributed by atoms with Crippen LogP contribution in [0.5, 0.6) is 0 Å². The molecule has 4 nitrogen and oxygen atoms in total. The number of rotatable bonds is 2. The molecule has 0 unspecified atom stereocenters. The number of fused-ring (bicyclic) bond motifs is 1. The lowest BCUT2D eigenvalue weighted by molar-refractivity contribution is 0.0797. The summed E-state index contributed by atoms with van der Waals surface area (Å²) in [7, 11) is 0. The Bertz CT molecular complexity index is 442. The first kappa shape index (κ1) is 9.15. The molecule has 2 rings (SSSR count). The fourth-order valence-electron chi connectivity index (χ4n) is 1.47. The van der Waals surface area contributed by atoms with Gasteiger partial charge in [-0.05, 0) is 13.8 Å². The predicted octanol–water partition coefficient (Wildman–Crippen LogP) is 1.04. The smallest absolute Gasteiger partial charge is 0.155 e. The quantitative estimate of drug-likeness (QED) is 0.771. The van der Waals surface area contributed by atoms with Crippen molar-refractivity contribution in [3.63, 3.8) is 0 Å². The van der Waals surface area contributed by atoms with E-state index in [0.717, 1.165) is 11.3 Å². The SMILES string of the molecule is CC(C)(O)Cc1cnc2cnccn12. The summed E-state index contributed by atoms with van der Waals surface area (Å²) >= 11 is 0. The maximum Gasteiger partial charge on any atom is 0.155 e. The van der Waals surface area contributed by atoms with Crippen molar-refractivity contribution in [1.29, 1.82) is 0 Å². The third-order valence-electron chi connectivity index (χ3n) is 2.01. The predicted molar refractivity (Wildman–Crippen MR) is 53.0 cm³/mol. The van der Waals surface area contributed by atoms with Gasteiger partial charge in [0.2, 0.25) is 0 Å². The van der Waals surface area contributed by atoms with Gasteiger partial charge in [0, 0.05) is 30.7 Å². The molecule has 0 aliphatic carbocycles. The van der Waals surface area contributed by atoms with E-state index < -0.39 is 5.60 Å². The lowest BCUT2D eigenvalue weighted by Gasteiger charge is -2.15. The van der Waals surface area contributed by atoms with Crippen molar-refractivity contribution >= 4 is 5.65 Å². The summed E-state index contributed by atoms with van der Waals surface area (Å²) in [4.78, 5) is 8.17. The van der Waals surface area contributed by atoms with Crippen LogP contribution in [0.2, 0.25) is 0 Å². The third-order valence-corrected chi connectivity index (χ3v) is 2.01. The lowest BCUT2D eigenvalue weighted by atomic mass is 10.0. The first-order chi connectivity index (χ1) is 6.56. The maximum atomic E-state index is 9.69. The molecule has 0 fully saturated rings. The van der Waals surface area contributed by atoms with Crippen molar-refractivity contribution in [3.8, 4) is 0 Å². The molecule has 2 aromatic heterocycles. The van der Waals surface area contributed by atoms with Gasteiger partial charge < -0.3 is 9.51 Å². The van der Waals surface area contributed by atoms with Crippen molar-refractivity contribution in [2.45, 2.75) is 25.9 Å². The number of imidazole rings is 1. The van der Waals surface area contributed by atoms with Gasteiger partial charge in [-0.3, -0.25) is 4.98 Å². The summed E-state index contributed by atoms with van der Waals surface area (Å²) in [5.74, 6) is 0. The average Bonchev–Trinajstić information content (AvgIpc) is 2.47. The van der Waals surface area contributed by atoms with Crippen LogP contribution in [0.1, 0.15) is 19.5 Å². The number of nitrogens with zero attached hydrogens (tertiary/aromatic N) is 3. The molecule has 0 saturated carbocycles. The monoisotopic (exact) mass is 191 g/mol. The van der Waals surface area contributed by atoms with Crippen molar-refractivity contribution in [3.05, 3.63) is 30.5 Å². The summed E-state index contributed by atoms with van der Waals surface area (Å²) in [6.45, 7) is 3.57. The second-order valence-electron chi connectivity index (χ2n) is 4.04. The van der Waals surface area contributed by atoms with Gasteiger partial charge in [-0.25, -0.2) is 4.98 Å². The highest BCUT2D eigenvalue weighted by Crippen LogP contribution is 2.13. The second kappa shape index (κ2) is 3.06. The Balaban J connectivity index is 2.44. The van der Waals surface area contributed by atoms with Gasteiger partial charge in [0.25, 0.3) is 0 Å². The zero-order valence-electron chi connectivity index (χ0n) is 8.31. The summed E-state index contributed by atoms with van der Waals surface area (Å²) in [5, 5.41) is 9.69. The zero-order chi connectivity index (χ0) is 10.2. The zero-order valence-corrected chi connectivity index (χ0v) is 8.31. The van der Waals surface area contributed by atoms with Crippen LogP contribution in [0.3, 0.4) is 0 Å². The Hall–Kier alpha value is -1.42. The minimum Gasteiger partial charge on any atom is -0.390 e. The average molecular weight is 191 g/mol. The molecule has 0 atom stereocenters. The molecular weight excluding hydrogens is 178 g/mol. The van der Waals surface area contributed by atoms with Crippen molar-refractivity contribution in [1.82, 2.24) is 14.4 Å². The van der Waals surface area contributed by atoms with E-state index in [4.69, 9.17) is 0 Å². The summed E-state index contributed by atoms with van der Waals surface area (Å²) in [6, 6.07) is 0. The standard InChI is InChI=1S/C10H13N3O/c1-10(2,14)5-8-6-12-9-7-11-3-4-13(8)9/h3-4,6-7,14H,5H2,1-2H3. The molecule has 2 heterocycles. The van der Waals surface area contributed by atoms with Crippen LogP contribution in [0.25, 0.3) is 5.65 Å². The van der Waals surface area contributed by atoms with E-state index >= 15 is 0 Å². The third kappa shape index (κ3) is 1.75. The fourth-order valence-corrected chi connectivity index (χ4v) is 1.47. The van der Waals surface area contributed by atoms with Gasteiger partial charge in [-0.15, -0.1) is 0 Å². The largest absolute Gasteiger partial charge is 0.390 e. The molecule has 0 aliphatic rings. The molecule has 0 aliphatic heterocycles. The molecule has 0 amide bonds. The van der Waals surface area contributed by atoms with E-state index in [2.05, 4.69) is 9.97 Å². The van der Waals surface area contributed by atoms with E-state index in [0.29, 0.717) is 6.42 Å². The van der Waals surface area contributed by atoms with Crippen LogP contribution >= 0.6 is 0 Å². The Morgan fingerprint density at radius 2 is 2.21 bits per heavy atom. The topological polar surface area (TPSA) is 50.4 Å². The normalized spacial score (nSPS) is 12.2.